The number of nitrogens with one attached hydrogen (secondary N) is 1. The van der Waals surface area contributed by atoms with E-state index in [4.69, 9.17) is 14.2 Å². The van der Waals surface area contributed by atoms with E-state index in [2.05, 4.69) is 5.32 Å². The molecule has 192 valence electrons. The maximum absolute atomic E-state index is 13.4. The van der Waals surface area contributed by atoms with Crippen LogP contribution in [0.15, 0.2) is 41.3 Å². The number of anilines is 1. The number of hydrogen-bond acceptors (Lipinski definition) is 7. The monoisotopic (exact) mass is 515 g/mol. The molecule has 3 aliphatic heterocycles. The molecule has 0 spiro atoms. The minimum atomic E-state index is -3.76. The molecule has 1 saturated heterocycles. The van der Waals surface area contributed by atoms with E-state index >= 15 is 0 Å². The number of ether oxygens (including phenoxy) is 3. The van der Waals surface area contributed by atoms with Gasteiger partial charge in [0.05, 0.1) is 10.6 Å². The summed E-state index contributed by atoms with van der Waals surface area (Å²) < 4.78 is 44.5. The van der Waals surface area contributed by atoms with E-state index < -0.39 is 15.9 Å². The minimum absolute atomic E-state index is 0.0756. The van der Waals surface area contributed by atoms with E-state index in [0.717, 1.165) is 12.0 Å². The first-order chi connectivity index (χ1) is 17.2. The van der Waals surface area contributed by atoms with Crippen LogP contribution in [0.5, 0.6) is 17.2 Å². The lowest BCUT2D eigenvalue weighted by Crippen LogP contribution is -2.45. The summed E-state index contributed by atoms with van der Waals surface area (Å²) in [5.74, 6) is 1.34. The maximum Gasteiger partial charge on any atom is 0.265 e. The van der Waals surface area contributed by atoms with Gasteiger partial charge in [0.15, 0.2) is 18.1 Å². The molecule has 5 rings (SSSR count). The molecule has 0 aliphatic carbocycles. The molecule has 0 aromatic heterocycles. The zero-order valence-corrected chi connectivity index (χ0v) is 21.0. The fraction of sp³-hybridized carbons (Fsp3) is 0.440. The van der Waals surface area contributed by atoms with Crippen LogP contribution in [0.3, 0.4) is 0 Å². The molecule has 3 aliphatic rings. The van der Waals surface area contributed by atoms with Crippen LogP contribution < -0.4 is 24.4 Å². The molecular formula is C25H29N3O7S. The van der Waals surface area contributed by atoms with E-state index in [-0.39, 0.29) is 54.8 Å². The van der Waals surface area contributed by atoms with Gasteiger partial charge in [-0.25, -0.2) is 8.42 Å². The Bertz CT molecular complexity index is 1290. The Morgan fingerprint density at radius 2 is 1.72 bits per heavy atom. The first-order valence-corrected chi connectivity index (χ1v) is 13.4. The molecule has 0 unspecified atom stereocenters. The summed E-state index contributed by atoms with van der Waals surface area (Å²) in [6.07, 6.45) is 0.980. The van der Waals surface area contributed by atoms with Gasteiger partial charge in [0, 0.05) is 19.6 Å². The van der Waals surface area contributed by atoms with Crippen LogP contribution in [0.1, 0.15) is 25.8 Å². The fourth-order valence-electron chi connectivity index (χ4n) is 4.92. The van der Waals surface area contributed by atoms with Crippen LogP contribution in [0, 0.1) is 11.8 Å². The third-order valence-corrected chi connectivity index (χ3v) is 8.40. The zero-order valence-electron chi connectivity index (χ0n) is 20.2. The Kier molecular flexibility index (Phi) is 6.52. The molecule has 1 fully saturated rings. The fourth-order valence-corrected chi connectivity index (χ4v) is 6.62. The Labute approximate surface area is 210 Å². The molecule has 0 saturated carbocycles. The Hall–Kier alpha value is -3.31. The molecular weight excluding hydrogens is 486 g/mol. The summed E-state index contributed by atoms with van der Waals surface area (Å²) in [5, 5.41) is 2.80. The van der Waals surface area contributed by atoms with Crippen LogP contribution in [0.2, 0.25) is 0 Å². The van der Waals surface area contributed by atoms with E-state index in [1.807, 2.05) is 19.9 Å². The molecule has 2 aromatic rings. The van der Waals surface area contributed by atoms with Crippen molar-refractivity contribution in [1.29, 1.82) is 0 Å². The standard InChI is InChI=1S/C25H29N3O7S/c1-16-7-17(2)12-27(11-16)36(31,32)19-4-6-21-20(9-19)28(25(30)14-33-21)13-24(29)26-10-18-3-5-22-23(8-18)35-15-34-22/h3-6,8-9,16-17H,7,10-15H2,1-2H3,(H,26,29)/t16-,17-/m1/s1. The highest BCUT2D eigenvalue weighted by molar-refractivity contribution is 7.89. The highest BCUT2D eigenvalue weighted by Crippen LogP contribution is 2.36. The van der Waals surface area contributed by atoms with Gasteiger partial charge in [-0.1, -0.05) is 19.9 Å². The zero-order chi connectivity index (χ0) is 25.4. The van der Waals surface area contributed by atoms with Gasteiger partial charge in [0.2, 0.25) is 22.7 Å². The summed E-state index contributed by atoms with van der Waals surface area (Å²) in [4.78, 5) is 26.8. The van der Waals surface area contributed by atoms with Crippen molar-refractivity contribution in [2.45, 2.75) is 31.7 Å². The number of rotatable bonds is 6. The number of sulfonamides is 1. The largest absolute Gasteiger partial charge is 0.482 e. The van der Waals surface area contributed by atoms with Crippen LogP contribution in [-0.4, -0.2) is 57.6 Å². The quantitative estimate of drug-likeness (QED) is 0.627. The number of benzene rings is 2. The van der Waals surface area contributed by atoms with Gasteiger partial charge in [-0.3, -0.25) is 14.5 Å². The summed E-state index contributed by atoms with van der Waals surface area (Å²) >= 11 is 0. The summed E-state index contributed by atoms with van der Waals surface area (Å²) in [6.45, 7) is 4.90. The summed E-state index contributed by atoms with van der Waals surface area (Å²) in [6, 6.07) is 9.85. The van der Waals surface area contributed by atoms with Gasteiger partial charge in [-0.2, -0.15) is 4.31 Å². The second kappa shape index (κ2) is 9.62. The lowest BCUT2D eigenvalue weighted by Gasteiger charge is -2.34. The molecule has 11 heteroatoms. The van der Waals surface area contributed by atoms with Crippen molar-refractivity contribution < 1.29 is 32.2 Å². The lowest BCUT2D eigenvalue weighted by atomic mass is 9.94. The number of hydrogen-bond donors (Lipinski definition) is 1. The molecule has 0 bridgehead atoms. The first kappa shape index (κ1) is 24.4. The predicted octanol–water partition coefficient (Wildman–Crippen LogP) is 2.12. The summed E-state index contributed by atoms with van der Waals surface area (Å²) in [7, 11) is -3.76. The number of amides is 2. The van der Waals surface area contributed by atoms with Gasteiger partial charge >= 0.3 is 0 Å². The second-order valence-electron chi connectivity index (χ2n) is 9.63. The summed E-state index contributed by atoms with van der Waals surface area (Å²) in [5.41, 5.74) is 1.09. The molecule has 2 aromatic carbocycles. The topological polar surface area (TPSA) is 114 Å². The first-order valence-electron chi connectivity index (χ1n) is 11.9. The van der Waals surface area contributed by atoms with Gasteiger partial charge in [-0.05, 0) is 54.2 Å². The maximum atomic E-state index is 13.4. The van der Waals surface area contributed by atoms with Crippen molar-refractivity contribution >= 4 is 27.5 Å². The third kappa shape index (κ3) is 4.85. The molecule has 10 nitrogen and oxygen atoms in total. The van der Waals surface area contributed by atoms with Crippen LogP contribution in [0.4, 0.5) is 5.69 Å². The lowest BCUT2D eigenvalue weighted by molar-refractivity contribution is -0.125. The van der Waals surface area contributed by atoms with E-state index in [1.165, 1.54) is 21.3 Å². The number of carbonyl (C=O) groups excluding carboxylic acids is 2. The highest BCUT2D eigenvalue weighted by atomic mass is 32.2. The van der Waals surface area contributed by atoms with Crippen LogP contribution in [0.25, 0.3) is 0 Å². The van der Waals surface area contributed by atoms with Crippen molar-refractivity contribution in [3.05, 3.63) is 42.0 Å². The number of piperidine rings is 1. The van der Waals surface area contributed by atoms with Crippen molar-refractivity contribution in [3.8, 4) is 17.2 Å². The third-order valence-electron chi connectivity index (χ3n) is 6.57. The van der Waals surface area contributed by atoms with Crippen molar-refractivity contribution in [3.63, 3.8) is 0 Å². The van der Waals surface area contributed by atoms with E-state index in [0.29, 0.717) is 30.3 Å². The average Bonchev–Trinajstić information content (AvgIpc) is 3.31. The van der Waals surface area contributed by atoms with E-state index in [9.17, 15) is 18.0 Å². The van der Waals surface area contributed by atoms with E-state index in [1.54, 1.807) is 18.2 Å². The van der Waals surface area contributed by atoms with Crippen LogP contribution >= 0.6 is 0 Å². The van der Waals surface area contributed by atoms with Crippen molar-refractivity contribution in [2.24, 2.45) is 11.8 Å². The SMILES string of the molecule is C[C@@H]1C[C@@H](C)CN(S(=O)(=O)c2ccc3c(c2)N(CC(=O)NCc2ccc4c(c2)OCO4)C(=O)CO3)C1. The van der Waals surface area contributed by atoms with Gasteiger partial charge < -0.3 is 19.5 Å². The molecule has 3 heterocycles. The Balaban J connectivity index is 1.32. The molecule has 2 atom stereocenters. The number of fused-ring (bicyclic) bond motifs is 2. The molecule has 2 amide bonds. The van der Waals surface area contributed by atoms with Crippen molar-refractivity contribution in [2.75, 3.05) is 37.9 Å². The molecule has 36 heavy (non-hydrogen) atoms. The van der Waals surface area contributed by atoms with Gasteiger partial charge in [0.1, 0.15) is 12.3 Å². The second-order valence-corrected chi connectivity index (χ2v) is 11.6. The number of nitrogens with zero attached hydrogens (tertiary/aromatic N) is 2. The smallest absolute Gasteiger partial charge is 0.265 e. The Morgan fingerprint density at radius 1 is 1.00 bits per heavy atom. The van der Waals surface area contributed by atoms with Gasteiger partial charge in [0.25, 0.3) is 5.91 Å². The average molecular weight is 516 g/mol. The van der Waals surface area contributed by atoms with Crippen LogP contribution in [-0.2, 0) is 26.2 Å². The molecule has 0 radical (unpaired) electrons. The van der Waals surface area contributed by atoms with Gasteiger partial charge in [-0.15, -0.1) is 0 Å². The highest BCUT2D eigenvalue weighted by Gasteiger charge is 2.34. The number of carbonyl (C=O) groups is 2. The Morgan fingerprint density at radius 3 is 2.50 bits per heavy atom. The van der Waals surface area contributed by atoms with Crippen molar-refractivity contribution in [1.82, 2.24) is 9.62 Å². The normalized spacial score (nSPS) is 21.6. The predicted molar refractivity (Wildman–Crippen MR) is 130 cm³/mol. The minimum Gasteiger partial charge on any atom is -0.482 e. The molecule has 1 N–H and O–H groups in total.